The van der Waals surface area contributed by atoms with Crippen molar-refractivity contribution in [1.82, 2.24) is 0 Å². The van der Waals surface area contributed by atoms with Gasteiger partial charge in [0.1, 0.15) is 29.2 Å². The smallest absolute Gasteiger partial charge is 0.338 e. The van der Waals surface area contributed by atoms with E-state index < -0.39 is 136 Å². The maximum absolute atomic E-state index is 13.2. The molecule has 0 amide bonds. The number of nitro groups is 1. The molecule has 11 rings (SSSR count). The maximum atomic E-state index is 13.2. The van der Waals surface area contributed by atoms with E-state index in [-0.39, 0.29) is 102 Å². The lowest BCUT2D eigenvalue weighted by molar-refractivity contribution is -0.384. The third kappa shape index (κ3) is 27.7. The predicted molar refractivity (Wildman–Crippen MR) is 434 cm³/mol. The zero-order chi connectivity index (χ0) is 91.0. The van der Waals surface area contributed by atoms with Gasteiger partial charge in [0.15, 0.2) is 46.4 Å². The van der Waals surface area contributed by atoms with E-state index in [1.807, 2.05) is 0 Å². The first kappa shape index (κ1) is 102. The van der Waals surface area contributed by atoms with E-state index >= 15 is 0 Å². The van der Waals surface area contributed by atoms with Gasteiger partial charge < -0.3 is 80.2 Å². The number of alkyl halides is 4. The lowest BCUT2D eigenvalue weighted by Gasteiger charge is -2.28. The Labute approximate surface area is 700 Å². The van der Waals surface area contributed by atoms with Crippen LogP contribution in [-0.2, 0) is 105 Å². The van der Waals surface area contributed by atoms with E-state index in [9.17, 15) is 106 Å². The largest absolute Gasteiger partial charge is 0.468 e. The number of aliphatic imine (C=N–C) groups is 4. The number of ether oxygens (including phenoxy) is 7. The lowest BCUT2D eigenvalue weighted by atomic mass is 9.93. The van der Waals surface area contributed by atoms with E-state index in [1.165, 1.54) is 93.6 Å². The highest BCUT2D eigenvalue weighted by Crippen LogP contribution is 2.35. The molecule has 0 bridgehead atoms. The molecule has 0 aromatic heterocycles. The number of nitrogens with two attached hydrogens (primary N) is 1. The number of ketones is 5. The number of aliphatic hydroxyl groups excluding tert-OH is 6. The van der Waals surface area contributed by atoms with Crippen LogP contribution in [-0.4, -0.2) is 239 Å². The molecule has 0 saturated heterocycles. The minimum atomic E-state index is -3.27. The molecule has 5 aliphatic rings. The summed E-state index contributed by atoms with van der Waals surface area (Å²) in [4.78, 5) is 163. The second-order valence-corrected chi connectivity index (χ2v) is 27.1. The number of benzene rings is 6. The molecule has 8 atom stereocenters. The summed E-state index contributed by atoms with van der Waals surface area (Å²) in [5.41, 5.74) is 11.4. The number of Topliss-reactive ketones (excluding diaryl/α,β-unsaturated/α-hetero) is 5. The number of nitrogens with one attached hydrogen (secondary N) is 2. The fourth-order valence-corrected chi connectivity index (χ4v) is 11.5. The van der Waals surface area contributed by atoms with Crippen molar-refractivity contribution in [3.05, 3.63) is 181 Å². The van der Waals surface area contributed by atoms with Gasteiger partial charge in [0, 0.05) is 57.7 Å². The Bertz CT molecular complexity index is 4970. The second-order valence-electron chi connectivity index (χ2n) is 27.1. The van der Waals surface area contributed by atoms with Crippen molar-refractivity contribution in [1.29, 1.82) is 0 Å². The molecule has 5 aliphatic heterocycles. The van der Waals surface area contributed by atoms with Gasteiger partial charge in [-0.25, -0.2) is 48.7 Å². The first-order valence-corrected chi connectivity index (χ1v) is 36.3. The number of hydrogen-bond acceptors (Lipinski definition) is 34. The Hall–Kier alpha value is -12.6. The summed E-state index contributed by atoms with van der Waals surface area (Å²) in [6.07, 6.45) is -4.29. The van der Waals surface area contributed by atoms with Crippen LogP contribution in [0.3, 0.4) is 0 Å². The van der Waals surface area contributed by atoms with Crippen LogP contribution >= 0.6 is 12.4 Å². The summed E-state index contributed by atoms with van der Waals surface area (Å²) in [6.45, 7) is 8.50. The number of aliphatic hydroxyl groups is 6. The molecule has 35 nitrogen and oxygen atoms in total. The Kier molecular flexibility index (Phi) is 38.1. The standard InChI is InChI=1S/C13H11F2NO3.C13H16N2O7.C13H15NO4.2C13H13NO4.C12H11F2NO2.C5H11NO3.ClH/c1-13(14,15)11-10(17)6-8-5-7(12(18)19-2)3-4-9(8)16-11;1-7(16)11(13(18)22-3)14-9-5-4-8(12(17)21-2)6-10(9)15(19)20;3*1-7(15)12-11(16)6-9-5-8(13(17)18-2)3-4-10(9)14-12;1-12(13,14)11-10(17)5-8-4-7(6-16)2-3-9(8)15-11;1-3(7)4(6)5(8)9-2;/h3-5H,6H2,1-2H3;4-7,11,14,16H,1-3H3;3-5,7,12,14-15H,6H2,1-2H3;2*3-5,7,15H,6H2,1-2H3;2-4,16H,5-6H2,1H3;3-4,7H,6H2,1-2H3;1H. The quantitative estimate of drug-likeness (QED) is 0.0135. The van der Waals surface area contributed by atoms with Gasteiger partial charge in [-0.1, -0.05) is 12.1 Å². The normalized spacial score (nSPS) is 15.5. The molecule has 6 aromatic carbocycles. The minimum absolute atomic E-state index is 0. The number of halogens is 5. The summed E-state index contributed by atoms with van der Waals surface area (Å²) in [6, 6.07) is 24.6. The van der Waals surface area contributed by atoms with Crippen LogP contribution in [0.1, 0.15) is 134 Å². The van der Waals surface area contributed by atoms with E-state index in [0.717, 1.165) is 31.5 Å². The average molecular weight is 1730 g/mol. The van der Waals surface area contributed by atoms with Gasteiger partial charge in [0.25, 0.3) is 17.5 Å². The summed E-state index contributed by atoms with van der Waals surface area (Å²) in [5, 5.41) is 72.2. The van der Waals surface area contributed by atoms with Crippen LogP contribution in [0.4, 0.5) is 57.4 Å². The van der Waals surface area contributed by atoms with Crippen molar-refractivity contribution >= 4 is 146 Å². The summed E-state index contributed by atoms with van der Waals surface area (Å²) in [7, 11) is 8.67. The maximum Gasteiger partial charge on any atom is 0.338 e. The van der Waals surface area contributed by atoms with Gasteiger partial charge in [-0.05, 0) is 159 Å². The predicted octanol–water partition coefficient (Wildman–Crippen LogP) is 7.23. The molecule has 8 unspecified atom stereocenters. The number of rotatable bonds is 18. The van der Waals surface area contributed by atoms with Crippen LogP contribution in [0.2, 0.25) is 0 Å². The molecule has 5 heterocycles. The van der Waals surface area contributed by atoms with Crippen LogP contribution < -0.4 is 16.4 Å². The minimum Gasteiger partial charge on any atom is -0.468 e. The van der Waals surface area contributed by atoms with Crippen LogP contribution in [0.15, 0.2) is 129 Å². The number of nitro benzene ring substituents is 1. The molecule has 0 fully saturated rings. The van der Waals surface area contributed by atoms with Gasteiger partial charge in [0.05, 0.1) is 142 Å². The van der Waals surface area contributed by atoms with Crippen LogP contribution in [0.25, 0.3) is 0 Å². The van der Waals surface area contributed by atoms with Gasteiger partial charge in [-0.2, -0.15) is 17.6 Å². The fourth-order valence-electron chi connectivity index (χ4n) is 11.5. The van der Waals surface area contributed by atoms with Crippen molar-refractivity contribution in [3.63, 3.8) is 0 Å². The first-order valence-electron chi connectivity index (χ1n) is 36.3. The molecule has 6 aromatic rings. The summed E-state index contributed by atoms with van der Waals surface area (Å²) in [5.74, 6) is -12.4. The van der Waals surface area contributed by atoms with Crippen molar-refractivity contribution < 1.29 is 144 Å². The number of anilines is 2. The average Bonchev–Trinajstić information content (AvgIpc) is 0.826. The van der Waals surface area contributed by atoms with Crippen molar-refractivity contribution in [2.24, 2.45) is 25.7 Å². The molecule has 0 spiro atoms. The van der Waals surface area contributed by atoms with Crippen molar-refractivity contribution in [3.8, 4) is 0 Å². The third-order valence-corrected chi connectivity index (χ3v) is 17.8. The topological polar surface area (TPSA) is 533 Å². The number of nitrogens with zero attached hydrogens (tertiary/aromatic N) is 5. The number of methoxy groups -OCH3 is 7. The SMILES string of the molecule is CC(F)(F)C1=Nc2ccc(CO)cc2CC1=O.COC(=O)C(N)C(C)O.COC(=O)c1ccc(NC(C(=O)OC)C(C)O)c([N+](=O)[O-])c1.COC(=O)c1ccc2c(c1)CC(=O)C(C(C)(F)F)=N2.COC(=O)c1ccc2c(c1)CC(=O)C(C(C)O)=N2.COC(=O)c1ccc2c(c1)CC(=O)C(C(C)O)=N2.COC(=O)c1ccc2c(c1)CC(=O)C(C(C)O)N2.Cl. The molecule has 40 heteroatoms. The molecular weight excluding hydrogens is 1640 g/mol. The van der Waals surface area contributed by atoms with Gasteiger partial charge in [0.2, 0.25) is 0 Å². The Balaban J connectivity index is 0.000000301. The Morgan fingerprint density at radius 2 is 0.836 bits per heavy atom. The molecule has 0 saturated carbocycles. The monoisotopic (exact) mass is 1730 g/mol. The number of fused-ring (bicyclic) bond motifs is 5. The van der Waals surface area contributed by atoms with E-state index in [2.05, 4.69) is 63.8 Å². The third-order valence-electron chi connectivity index (χ3n) is 17.8. The van der Waals surface area contributed by atoms with Gasteiger partial charge >= 0.3 is 41.8 Å². The highest BCUT2D eigenvalue weighted by atomic mass is 35.5. The van der Waals surface area contributed by atoms with Crippen molar-refractivity contribution in [2.75, 3.05) is 60.4 Å². The highest BCUT2D eigenvalue weighted by Gasteiger charge is 2.40. The van der Waals surface area contributed by atoms with E-state index in [4.69, 9.17) is 15.9 Å². The molecule has 122 heavy (non-hydrogen) atoms. The first-order chi connectivity index (χ1) is 56.7. The van der Waals surface area contributed by atoms with Crippen LogP contribution in [0, 0.1) is 10.1 Å². The Morgan fingerprint density at radius 3 is 1.16 bits per heavy atom. The summed E-state index contributed by atoms with van der Waals surface area (Å²) < 4.78 is 84.3. The molecule has 10 N–H and O–H groups in total. The lowest BCUT2D eigenvalue weighted by Crippen LogP contribution is -2.43. The molecular formula is C82H91ClF4N8O27. The van der Waals surface area contributed by atoms with E-state index in [1.54, 1.807) is 79.7 Å². The zero-order valence-electron chi connectivity index (χ0n) is 68.2. The second kappa shape index (κ2) is 45.7. The number of esters is 7. The fraction of sp³-hybridized carbons (Fsp3) is 0.366. The molecule has 656 valence electrons. The highest BCUT2D eigenvalue weighted by molar-refractivity contribution is 6.45. The van der Waals surface area contributed by atoms with Crippen LogP contribution in [0.5, 0.6) is 0 Å². The van der Waals surface area contributed by atoms with Gasteiger partial charge in [-0.15, -0.1) is 12.4 Å². The zero-order valence-corrected chi connectivity index (χ0v) is 69.1. The number of carbonyl (C=O) groups is 12. The summed E-state index contributed by atoms with van der Waals surface area (Å²) >= 11 is 0. The molecule has 0 aliphatic carbocycles. The molecule has 0 radical (unpaired) electrons. The van der Waals surface area contributed by atoms with Crippen molar-refractivity contribution in [2.45, 2.75) is 148 Å². The number of hydrogen-bond donors (Lipinski definition) is 9. The Morgan fingerprint density at radius 1 is 0.492 bits per heavy atom. The van der Waals surface area contributed by atoms with E-state index in [0.29, 0.717) is 75.4 Å². The number of carbonyl (C=O) groups excluding carboxylic acids is 12. The van der Waals surface area contributed by atoms with Gasteiger partial charge in [-0.3, -0.25) is 38.9 Å².